The Morgan fingerprint density at radius 2 is 2.38 bits per heavy atom. The molecule has 1 aliphatic rings. The molecule has 88 valence electrons. The molecule has 1 fully saturated rings. The summed E-state index contributed by atoms with van der Waals surface area (Å²) in [6.07, 6.45) is 1.21. The molecule has 1 aromatic rings. The van der Waals surface area contributed by atoms with E-state index in [-0.39, 0.29) is 10.8 Å². The molecule has 16 heavy (non-hydrogen) atoms. The third-order valence-corrected chi connectivity index (χ3v) is 3.33. The van der Waals surface area contributed by atoms with Crippen LogP contribution in [-0.4, -0.2) is 26.7 Å². The van der Waals surface area contributed by atoms with Crippen LogP contribution in [0, 0.1) is 11.7 Å². The molecule has 1 saturated heterocycles. The zero-order chi connectivity index (χ0) is 11.5. The maximum Gasteiger partial charge on any atom is 0.141 e. The first-order valence-corrected chi connectivity index (χ1v) is 5.91. The molecule has 4 heteroatoms. The smallest absolute Gasteiger partial charge is 0.141 e. The molecule has 2 rings (SSSR count). The highest BCUT2D eigenvalue weighted by Gasteiger charge is 2.16. The lowest BCUT2D eigenvalue weighted by Gasteiger charge is -2.23. The predicted octanol–water partition coefficient (Wildman–Crippen LogP) is 2.52. The molecule has 0 spiro atoms. The maximum atomic E-state index is 13.0. The zero-order valence-electron chi connectivity index (χ0n) is 9.34. The second-order valence-corrected chi connectivity index (χ2v) is 4.74. The van der Waals surface area contributed by atoms with E-state index in [9.17, 15) is 4.39 Å². The van der Waals surface area contributed by atoms with Crippen molar-refractivity contribution in [2.45, 2.75) is 6.42 Å². The summed E-state index contributed by atoms with van der Waals surface area (Å²) in [5, 5.41) is 3.53. The molecule has 0 radical (unpaired) electrons. The topological polar surface area (TPSA) is 15.3 Å². The van der Waals surface area contributed by atoms with Gasteiger partial charge in [-0.15, -0.1) is 0 Å². The number of hydrogen-bond acceptors (Lipinski definition) is 2. The van der Waals surface area contributed by atoms with Gasteiger partial charge in [0.2, 0.25) is 0 Å². The highest BCUT2D eigenvalue weighted by Crippen LogP contribution is 2.23. The van der Waals surface area contributed by atoms with Gasteiger partial charge in [-0.1, -0.05) is 11.6 Å². The molecule has 2 nitrogen and oxygen atoms in total. The molecule has 0 bridgehead atoms. The van der Waals surface area contributed by atoms with Gasteiger partial charge >= 0.3 is 0 Å². The van der Waals surface area contributed by atoms with E-state index < -0.39 is 0 Å². The number of benzene rings is 1. The Bertz CT molecular complexity index is 364. The highest BCUT2D eigenvalue weighted by molar-refractivity contribution is 6.31. The summed E-state index contributed by atoms with van der Waals surface area (Å²) in [5.74, 6) is 0.315. The van der Waals surface area contributed by atoms with Gasteiger partial charge in [0.15, 0.2) is 0 Å². The fourth-order valence-corrected chi connectivity index (χ4v) is 2.26. The van der Waals surface area contributed by atoms with Gasteiger partial charge in [-0.3, -0.25) is 0 Å². The first-order valence-electron chi connectivity index (χ1n) is 5.53. The summed E-state index contributed by atoms with van der Waals surface area (Å²) in [5.41, 5.74) is 0.971. The summed E-state index contributed by atoms with van der Waals surface area (Å²) in [6.45, 7) is 3.15. The molecular weight excluding hydrogens is 227 g/mol. The lowest BCUT2D eigenvalue weighted by molar-refractivity contribution is 0.577. The number of hydrogen-bond donors (Lipinski definition) is 1. The van der Waals surface area contributed by atoms with Crippen molar-refractivity contribution in [2.24, 2.45) is 5.92 Å². The molecule has 1 aromatic carbocycles. The van der Waals surface area contributed by atoms with Gasteiger partial charge in [-0.25, -0.2) is 4.39 Å². The molecular formula is C12H16ClFN2. The van der Waals surface area contributed by atoms with Crippen LogP contribution in [-0.2, 0) is 0 Å². The van der Waals surface area contributed by atoms with Gasteiger partial charge in [0, 0.05) is 19.3 Å². The van der Waals surface area contributed by atoms with Crippen molar-refractivity contribution in [3.63, 3.8) is 0 Å². The third-order valence-electron chi connectivity index (χ3n) is 3.04. The fraction of sp³-hybridized carbons (Fsp3) is 0.500. The van der Waals surface area contributed by atoms with Crippen LogP contribution in [0.2, 0.25) is 5.02 Å². The average Bonchev–Trinajstić information content (AvgIpc) is 2.74. The van der Waals surface area contributed by atoms with Crippen molar-refractivity contribution < 1.29 is 4.39 Å². The maximum absolute atomic E-state index is 13.0. The molecule has 1 unspecified atom stereocenters. The monoisotopic (exact) mass is 242 g/mol. The first-order chi connectivity index (χ1) is 7.66. The number of rotatable bonds is 3. The minimum atomic E-state index is -0.360. The lowest BCUT2D eigenvalue weighted by atomic mass is 10.1. The van der Waals surface area contributed by atoms with Crippen LogP contribution in [0.1, 0.15) is 6.42 Å². The second-order valence-electron chi connectivity index (χ2n) is 4.34. The van der Waals surface area contributed by atoms with Gasteiger partial charge in [-0.2, -0.15) is 0 Å². The van der Waals surface area contributed by atoms with Gasteiger partial charge in [0.25, 0.3) is 0 Å². The minimum absolute atomic E-state index is 0.189. The van der Waals surface area contributed by atoms with Gasteiger partial charge < -0.3 is 10.2 Å². The lowest BCUT2D eigenvalue weighted by Crippen LogP contribution is -2.26. The standard InChI is InChI=1S/C12H16ClFN2/c1-16(8-9-4-5-15-7-9)10-2-3-12(14)11(13)6-10/h2-3,6,9,15H,4-5,7-8H2,1H3. The third kappa shape index (κ3) is 2.66. The molecule has 0 amide bonds. The van der Waals surface area contributed by atoms with Crippen molar-refractivity contribution >= 4 is 17.3 Å². The van der Waals surface area contributed by atoms with Crippen LogP contribution in [0.3, 0.4) is 0 Å². The van der Waals surface area contributed by atoms with Crippen LogP contribution >= 0.6 is 11.6 Å². The molecule has 1 atom stereocenters. The van der Waals surface area contributed by atoms with E-state index in [1.807, 2.05) is 7.05 Å². The van der Waals surface area contributed by atoms with Crippen molar-refractivity contribution in [2.75, 3.05) is 31.6 Å². The molecule has 1 heterocycles. The SMILES string of the molecule is CN(CC1CCNC1)c1ccc(F)c(Cl)c1. The van der Waals surface area contributed by atoms with Crippen LogP contribution < -0.4 is 10.2 Å². The number of nitrogens with zero attached hydrogens (tertiary/aromatic N) is 1. The van der Waals surface area contributed by atoms with E-state index in [0.717, 1.165) is 25.3 Å². The van der Waals surface area contributed by atoms with Crippen LogP contribution in [0.4, 0.5) is 10.1 Å². The second kappa shape index (κ2) is 5.02. The van der Waals surface area contributed by atoms with Crippen molar-refractivity contribution in [3.8, 4) is 0 Å². The quantitative estimate of drug-likeness (QED) is 0.876. The molecule has 1 aliphatic heterocycles. The van der Waals surface area contributed by atoms with Gasteiger partial charge in [-0.05, 0) is 43.6 Å². The largest absolute Gasteiger partial charge is 0.374 e. The Labute approximate surface area is 100 Å². The minimum Gasteiger partial charge on any atom is -0.374 e. The van der Waals surface area contributed by atoms with Gasteiger partial charge in [0.05, 0.1) is 5.02 Å². The van der Waals surface area contributed by atoms with Crippen molar-refractivity contribution in [1.82, 2.24) is 5.32 Å². The van der Waals surface area contributed by atoms with E-state index in [1.165, 1.54) is 12.5 Å². The Hall–Kier alpha value is -0.800. The van der Waals surface area contributed by atoms with Crippen molar-refractivity contribution in [1.29, 1.82) is 0 Å². The van der Waals surface area contributed by atoms with E-state index in [1.54, 1.807) is 12.1 Å². The summed E-state index contributed by atoms with van der Waals surface area (Å²) >= 11 is 5.76. The molecule has 1 N–H and O–H groups in total. The fourth-order valence-electron chi connectivity index (χ4n) is 2.09. The first kappa shape index (κ1) is 11.7. The Morgan fingerprint density at radius 3 is 3.00 bits per heavy atom. The average molecular weight is 243 g/mol. The van der Waals surface area contributed by atoms with Crippen LogP contribution in [0.15, 0.2) is 18.2 Å². The number of nitrogens with one attached hydrogen (secondary N) is 1. The number of halogens is 2. The van der Waals surface area contributed by atoms with E-state index in [2.05, 4.69) is 10.2 Å². The van der Waals surface area contributed by atoms with Crippen LogP contribution in [0.5, 0.6) is 0 Å². The summed E-state index contributed by atoms with van der Waals surface area (Å²) < 4.78 is 13.0. The van der Waals surface area contributed by atoms with E-state index >= 15 is 0 Å². The zero-order valence-corrected chi connectivity index (χ0v) is 10.1. The number of anilines is 1. The summed E-state index contributed by atoms with van der Waals surface area (Å²) in [6, 6.07) is 4.87. The van der Waals surface area contributed by atoms with Gasteiger partial charge in [0.1, 0.15) is 5.82 Å². The predicted molar refractivity (Wildman–Crippen MR) is 65.7 cm³/mol. The molecule has 0 aromatic heterocycles. The molecule has 0 aliphatic carbocycles. The Kier molecular flexibility index (Phi) is 3.66. The Morgan fingerprint density at radius 1 is 1.56 bits per heavy atom. The summed E-state index contributed by atoms with van der Waals surface area (Å²) in [7, 11) is 2.02. The molecule has 0 saturated carbocycles. The van der Waals surface area contributed by atoms with Crippen LogP contribution in [0.25, 0.3) is 0 Å². The van der Waals surface area contributed by atoms with Crippen molar-refractivity contribution in [3.05, 3.63) is 29.0 Å². The highest BCUT2D eigenvalue weighted by atomic mass is 35.5. The summed E-state index contributed by atoms with van der Waals surface area (Å²) in [4.78, 5) is 2.13. The Balaban J connectivity index is 2.02. The normalized spacial score (nSPS) is 20.1. The van der Waals surface area contributed by atoms with E-state index in [4.69, 9.17) is 11.6 Å². The van der Waals surface area contributed by atoms with E-state index in [0.29, 0.717) is 5.92 Å².